The van der Waals surface area contributed by atoms with Gasteiger partial charge >= 0.3 is 5.97 Å². The number of ether oxygens (including phenoxy) is 1. The van der Waals surface area contributed by atoms with E-state index >= 15 is 0 Å². The number of hydrogen-bond acceptors (Lipinski definition) is 6. The number of β-amino-alcohol motifs (C(OH)–C–C–N with tert-alkyl or cyclic N) is 1. The van der Waals surface area contributed by atoms with Gasteiger partial charge in [-0.05, 0) is 60.7 Å². The van der Waals surface area contributed by atoms with Crippen LogP contribution in [0, 0.1) is 13.8 Å². The maximum Gasteiger partial charge on any atom is 0.307 e. The number of rotatable bonds is 7. The highest BCUT2D eigenvalue weighted by Gasteiger charge is 2.32. The van der Waals surface area contributed by atoms with Crippen molar-refractivity contribution in [2.24, 2.45) is 0 Å². The van der Waals surface area contributed by atoms with E-state index in [0.717, 1.165) is 13.0 Å². The maximum absolute atomic E-state index is 11.6. The Balaban J connectivity index is 1.74. The molecule has 146 valence electrons. The minimum atomic E-state index is -0.359. The van der Waals surface area contributed by atoms with Crippen LogP contribution in [-0.4, -0.2) is 48.3 Å². The van der Waals surface area contributed by atoms with Crippen molar-refractivity contribution in [1.29, 1.82) is 0 Å². The predicted molar refractivity (Wildman–Crippen MR) is 112 cm³/mol. The molecule has 1 fully saturated rings. The van der Waals surface area contributed by atoms with Gasteiger partial charge < -0.3 is 9.84 Å². The van der Waals surface area contributed by atoms with Gasteiger partial charge in [0.25, 0.3) is 0 Å². The molecule has 0 spiro atoms. The van der Waals surface area contributed by atoms with E-state index in [-0.39, 0.29) is 18.1 Å². The zero-order valence-corrected chi connectivity index (χ0v) is 17.7. The van der Waals surface area contributed by atoms with Crippen LogP contribution in [0.15, 0.2) is 29.0 Å². The lowest BCUT2D eigenvalue weighted by atomic mass is 10.1. The Hall–Kier alpha value is -1.47. The van der Waals surface area contributed by atoms with Crippen molar-refractivity contribution in [2.45, 2.75) is 45.3 Å². The Labute approximate surface area is 169 Å². The molecule has 4 nitrogen and oxygen atoms in total. The Kier molecular flexibility index (Phi) is 6.87. The molecule has 1 aliphatic heterocycles. The third-order valence-corrected chi connectivity index (χ3v) is 7.21. The number of likely N-dealkylation sites (tertiary alicyclic amines) is 1. The smallest absolute Gasteiger partial charge is 0.307 e. The number of carbonyl (C=O) groups is 1. The molecule has 3 heterocycles. The topological polar surface area (TPSA) is 49.8 Å². The van der Waals surface area contributed by atoms with Crippen LogP contribution in [0.1, 0.15) is 40.1 Å². The normalized spacial score (nSPS) is 20.0. The largest absolute Gasteiger partial charge is 0.469 e. The minimum absolute atomic E-state index is 0.0660. The summed E-state index contributed by atoms with van der Waals surface area (Å²) in [5.74, 6) is -0.209. The van der Waals surface area contributed by atoms with Crippen molar-refractivity contribution in [2.75, 3.05) is 20.2 Å². The molecule has 2 aromatic rings. The van der Waals surface area contributed by atoms with Gasteiger partial charge in [0.2, 0.25) is 0 Å². The first-order valence-corrected chi connectivity index (χ1v) is 11.0. The van der Waals surface area contributed by atoms with E-state index in [4.69, 9.17) is 4.74 Å². The summed E-state index contributed by atoms with van der Waals surface area (Å²) in [5, 5.41) is 14.3. The maximum atomic E-state index is 11.6. The third kappa shape index (κ3) is 4.88. The zero-order valence-electron chi connectivity index (χ0n) is 16.1. The molecule has 0 amide bonds. The lowest BCUT2D eigenvalue weighted by Crippen LogP contribution is -2.32. The van der Waals surface area contributed by atoms with E-state index in [1.54, 1.807) is 22.7 Å². The third-order valence-electron chi connectivity index (χ3n) is 5.11. The van der Waals surface area contributed by atoms with Crippen molar-refractivity contribution in [3.05, 3.63) is 49.9 Å². The van der Waals surface area contributed by atoms with Crippen molar-refractivity contribution >= 4 is 34.2 Å². The van der Waals surface area contributed by atoms with Gasteiger partial charge in [-0.3, -0.25) is 9.69 Å². The summed E-state index contributed by atoms with van der Waals surface area (Å²) in [6.07, 6.45) is 3.83. The highest BCUT2D eigenvalue weighted by molar-refractivity contribution is 7.14. The van der Waals surface area contributed by atoms with Crippen LogP contribution >= 0.6 is 22.7 Å². The highest BCUT2D eigenvalue weighted by atomic mass is 32.1. The lowest BCUT2D eigenvalue weighted by molar-refractivity contribution is -0.141. The molecule has 1 aliphatic rings. The number of esters is 1. The molecule has 2 aromatic heterocycles. The van der Waals surface area contributed by atoms with Gasteiger partial charge in [0.15, 0.2) is 0 Å². The average Bonchev–Trinajstić information content (AvgIpc) is 3.33. The van der Waals surface area contributed by atoms with Gasteiger partial charge in [-0.25, -0.2) is 0 Å². The number of aliphatic hydroxyl groups excluding tert-OH is 1. The van der Waals surface area contributed by atoms with Gasteiger partial charge in [-0.2, -0.15) is 0 Å². The lowest BCUT2D eigenvalue weighted by Gasteiger charge is -2.22. The van der Waals surface area contributed by atoms with Crippen LogP contribution in [0.5, 0.6) is 0 Å². The molecule has 0 aliphatic carbocycles. The van der Waals surface area contributed by atoms with Gasteiger partial charge in [0, 0.05) is 34.5 Å². The fraction of sp³-hybridized carbons (Fsp3) is 0.476. The predicted octanol–water partition coefficient (Wildman–Crippen LogP) is 4.25. The van der Waals surface area contributed by atoms with E-state index < -0.39 is 0 Å². The van der Waals surface area contributed by atoms with Crippen LogP contribution in [-0.2, 0) is 9.53 Å². The van der Waals surface area contributed by atoms with Gasteiger partial charge in [-0.15, -0.1) is 22.7 Å². The average molecular weight is 406 g/mol. The molecule has 1 saturated heterocycles. The summed E-state index contributed by atoms with van der Waals surface area (Å²) in [6, 6.07) is 4.40. The van der Waals surface area contributed by atoms with Gasteiger partial charge in [-0.1, -0.05) is 6.08 Å². The highest BCUT2D eigenvalue weighted by Crippen LogP contribution is 2.35. The zero-order chi connectivity index (χ0) is 19.4. The molecule has 27 heavy (non-hydrogen) atoms. The van der Waals surface area contributed by atoms with Crippen LogP contribution in [0.2, 0.25) is 0 Å². The van der Waals surface area contributed by atoms with Crippen molar-refractivity contribution < 1.29 is 14.6 Å². The standard InChI is InChI=1S/C21H27NO3S2/c1-14-6-9-26-20(14)18(21-15(2)7-10-27-21)5-4-8-22-13-17(23)11-16(22)12-19(24)25-3/h5-7,9-10,16-17,23H,4,8,11-13H2,1-3H3/t16-,17+/m0/s1. The van der Waals surface area contributed by atoms with Crippen molar-refractivity contribution in [3.8, 4) is 0 Å². The molecule has 0 saturated carbocycles. The SMILES string of the molecule is COC(=O)C[C@@H]1C[C@@H](O)CN1CCC=C(c1sccc1C)c1sccc1C. The molecule has 2 atom stereocenters. The monoisotopic (exact) mass is 405 g/mol. The molecule has 1 N–H and O–H groups in total. The van der Waals surface area contributed by atoms with Crippen LogP contribution in [0.4, 0.5) is 0 Å². The number of aryl methyl sites for hydroxylation is 2. The van der Waals surface area contributed by atoms with E-state index in [1.807, 2.05) is 0 Å². The second-order valence-corrected chi connectivity index (χ2v) is 8.92. The Bertz CT molecular complexity index is 766. The molecule has 3 rings (SSSR count). The number of nitrogens with zero attached hydrogens (tertiary/aromatic N) is 1. The fourth-order valence-electron chi connectivity index (χ4n) is 3.68. The Morgan fingerprint density at radius 3 is 2.41 bits per heavy atom. The quantitative estimate of drug-likeness (QED) is 0.700. The summed E-state index contributed by atoms with van der Waals surface area (Å²) < 4.78 is 4.81. The number of hydrogen-bond donors (Lipinski definition) is 1. The number of aliphatic hydroxyl groups is 1. The molecule has 0 aromatic carbocycles. The van der Waals surface area contributed by atoms with Crippen molar-refractivity contribution in [1.82, 2.24) is 4.90 Å². The molecular weight excluding hydrogens is 378 g/mol. The molecule has 0 radical (unpaired) electrons. The van der Waals surface area contributed by atoms with Gasteiger partial charge in [0.1, 0.15) is 0 Å². The van der Waals surface area contributed by atoms with Crippen LogP contribution in [0.3, 0.4) is 0 Å². The second-order valence-electron chi connectivity index (χ2n) is 7.09. The number of carbonyl (C=O) groups excluding carboxylic acids is 1. The summed E-state index contributed by atoms with van der Waals surface area (Å²) in [6.45, 7) is 5.77. The van der Waals surface area contributed by atoms with Crippen LogP contribution in [0.25, 0.3) is 5.57 Å². The first kappa shape index (κ1) is 20.3. The fourth-order valence-corrected chi connectivity index (χ4v) is 5.69. The molecule has 0 unspecified atom stereocenters. The van der Waals surface area contributed by atoms with E-state index in [9.17, 15) is 9.90 Å². The van der Waals surface area contributed by atoms with Gasteiger partial charge in [0.05, 0.1) is 19.6 Å². The van der Waals surface area contributed by atoms with Crippen LogP contribution < -0.4 is 0 Å². The summed E-state index contributed by atoms with van der Waals surface area (Å²) in [4.78, 5) is 16.5. The summed E-state index contributed by atoms with van der Waals surface area (Å²) in [5.41, 5.74) is 3.91. The van der Waals surface area contributed by atoms with E-state index in [2.05, 4.69) is 47.7 Å². The minimum Gasteiger partial charge on any atom is -0.469 e. The molecular formula is C21H27NO3S2. The van der Waals surface area contributed by atoms with E-state index in [1.165, 1.54) is 33.6 Å². The summed E-state index contributed by atoms with van der Waals surface area (Å²) >= 11 is 3.57. The Morgan fingerprint density at radius 1 is 1.26 bits per heavy atom. The molecule has 6 heteroatoms. The Morgan fingerprint density at radius 2 is 1.89 bits per heavy atom. The summed E-state index contributed by atoms with van der Waals surface area (Å²) in [7, 11) is 1.42. The first-order valence-electron chi connectivity index (χ1n) is 9.27. The van der Waals surface area contributed by atoms with E-state index in [0.29, 0.717) is 19.4 Å². The van der Waals surface area contributed by atoms with Crippen molar-refractivity contribution in [3.63, 3.8) is 0 Å². The molecule has 0 bridgehead atoms. The second kappa shape index (κ2) is 9.15. The first-order chi connectivity index (χ1) is 13.0. The number of methoxy groups -OCH3 is 1. The number of thiophene rings is 2.